The molecule has 0 atom stereocenters. The van der Waals surface area contributed by atoms with Gasteiger partial charge in [-0.2, -0.15) is 0 Å². The third-order valence-electron chi connectivity index (χ3n) is 4.96. The third-order valence-corrected chi connectivity index (χ3v) is 4.96. The summed E-state index contributed by atoms with van der Waals surface area (Å²) in [6.07, 6.45) is 4.78. The Hall–Kier alpha value is -4.04. The zero-order valence-corrected chi connectivity index (χ0v) is 17.0. The fourth-order valence-electron chi connectivity index (χ4n) is 3.30. The second-order valence-electron chi connectivity index (χ2n) is 7.05. The van der Waals surface area contributed by atoms with Crippen LogP contribution >= 0.6 is 0 Å². The van der Waals surface area contributed by atoms with E-state index in [-0.39, 0.29) is 11.4 Å². The lowest BCUT2D eigenvalue weighted by Crippen LogP contribution is -2.24. The van der Waals surface area contributed by atoms with Crippen LogP contribution in [-0.4, -0.2) is 14.5 Å². The van der Waals surface area contributed by atoms with Gasteiger partial charge in [0.15, 0.2) is 5.82 Å². The van der Waals surface area contributed by atoms with Crippen LogP contribution in [0.3, 0.4) is 0 Å². The molecule has 0 saturated heterocycles. The predicted octanol–water partition coefficient (Wildman–Crippen LogP) is 4.63. The van der Waals surface area contributed by atoms with E-state index >= 15 is 0 Å². The van der Waals surface area contributed by atoms with Gasteiger partial charge in [-0.25, -0.2) is 9.37 Å². The summed E-state index contributed by atoms with van der Waals surface area (Å²) in [7, 11) is 1.65. The van der Waals surface area contributed by atoms with E-state index in [2.05, 4.69) is 29.0 Å². The average molecular weight is 409 g/mol. The molecule has 2 heterocycles. The van der Waals surface area contributed by atoms with Gasteiger partial charge in [0.25, 0.3) is 5.56 Å². The summed E-state index contributed by atoms with van der Waals surface area (Å²) in [5.41, 5.74) is 3.24. The minimum atomic E-state index is -0.361. The molecule has 2 aromatic carbocycles. The zero-order valence-electron chi connectivity index (χ0n) is 17.0. The summed E-state index contributed by atoms with van der Waals surface area (Å²) in [5.74, 6) is 6.20. The highest BCUT2D eigenvalue weighted by Gasteiger charge is 2.17. The quantitative estimate of drug-likeness (QED) is 0.462. The second kappa shape index (κ2) is 9.19. The molecule has 0 bridgehead atoms. The number of pyridine rings is 1. The van der Waals surface area contributed by atoms with Gasteiger partial charge in [-0.3, -0.25) is 14.3 Å². The maximum Gasteiger partial charge on any atom is 0.262 e. The predicted molar refractivity (Wildman–Crippen MR) is 120 cm³/mol. The number of halogens is 1. The summed E-state index contributed by atoms with van der Waals surface area (Å²) in [6.45, 7) is 0. The number of nitrogens with zero attached hydrogens (tertiary/aromatic N) is 3. The summed E-state index contributed by atoms with van der Waals surface area (Å²) >= 11 is 0. The van der Waals surface area contributed by atoms with Gasteiger partial charge in [-0.1, -0.05) is 48.4 Å². The Bertz CT molecular complexity index is 1300. The molecule has 0 spiro atoms. The van der Waals surface area contributed by atoms with Crippen molar-refractivity contribution >= 4 is 0 Å². The van der Waals surface area contributed by atoms with Crippen LogP contribution in [0.5, 0.6) is 0 Å². The summed E-state index contributed by atoms with van der Waals surface area (Å²) in [5, 5.41) is 0. The van der Waals surface area contributed by atoms with Gasteiger partial charge in [0.1, 0.15) is 5.82 Å². The Morgan fingerprint density at radius 3 is 2.35 bits per heavy atom. The van der Waals surface area contributed by atoms with Gasteiger partial charge < -0.3 is 0 Å². The van der Waals surface area contributed by atoms with E-state index in [9.17, 15) is 9.18 Å². The Balaban J connectivity index is 1.76. The van der Waals surface area contributed by atoms with Crippen LogP contribution in [0.1, 0.15) is 17.8 Å². The fourth-order valence-corrected chi connectivity index (χ4v) is 3.30. The van der Waals surface area contributed by atoms with Crippen molar-refractivity contribution in [2.45, 2.75) is 12.8 Å². The monoisotopic (exact) mass is 409 g/mol. The maximum absolute atomic E-state index is 13.4. The Labute approximate surface area is 180 Å². The van der Waals surface area contributed by atoms with Crippen LogP contribution in [0, 0.1) is 17.7 Å². The molecule has 2 aromatic heterocycles. The molecule has 0 unspecified atom stereocenters. The van der Waals surface area contributed by atoms with Crippen molar-refractivity contribution in [3.8, 4) is 34.2 Å². The molecule has 152 valence electrons. The third kappa shape index (κ3) is 4.59. The first-order valence-electron chi connectivity index (χ1n) is 9.93. The molecule has 31 heavy (non-hydrogen) atoms. The molecule has 0 aliphatic carbocycles. The first-order chi connectivity index (χ1) is 15.1. The normalized spacial score (nSPS) is 10.4. The Kier molecular flexibility index (Phi) is 6.00. The molecule has 4 aromatic rings. The van der Waals surface area contributed by atoms with Crippen LogP contribution in [-0.2, 0) is 13.5 Å². The molecule has 0 fully saturated rings. The largest absolute Gasteiger partial charge is 0.288 e. The minimum Gasteiger partial charge on any atom is -0.288 e. The summed E-state index contributed by atoms with van der Waals surface area (Å²) in [6, 6.07) is 19.6. The van der Waals surface area contributed by atoms with Gasteiger partial charge in [0, 0.05) is 31.4 Å². The van der Waals surface area contributed by atoms with E-state index in [1.165, 1.54) is 22.3 Å². The van der Waals surface area contributed by atoms with E-state index < -0.39 is 0 Å². The van der Waals surface area contributed by atoms with Crippen molar-refractivity contribution in [1.29, 1.82) is 0 Å². The molecule has 5 heteroatoms. The first kappa shape index (κ1) is 20.2. The van der Waals surface area contributed by atoms with Gasteiger partial charge in [0.05, 0.1) is 11.3 Å². The maximum atomic E-state index is 13.4. The lowest BCUT2D eigenvalue weighted by Gasteiger charge is -2.12. The van der Waals surface area contributed by atoms with E-state index in [0.29, 0.717) is 29.1 Å². The van der Waals surface area contributed by atoms with Gasteiger partial charge in [0.2, 0.25) is 0 Å². The summed E-state index contributed by atoms with van der Waals surface area (Å²) in [4.78, 5) is 22.0. The fraction of sp³-hybridized carbons (Fsp3) is 0.115. The van der Waals surface area contributed by atoms with Crippen molar-refractivity contribution in [3.05, 3.63) is 107 Å². The Morgan fingerprint density at radius 2 is 1.65 bits per heavy atom. The molecule has 0 saturated carbocycles. The lowest BCUT2D eigenvalue weighted by molar-refractivity contribution is 0.628. The van der Waals surface area contributed by atoms with Gasteiger partial charge in [-0.05, 0) is 47.7 Å². The van der Waals surface area contributed by atoms with Crippen LogP contribution < -0.4 is 5.56 Å². The van der Waals surface area contributed by atoms with Crippen molar-refractivity contribution in [1.82, 2.24) is 14.5 Å². The molecular weight excluding hydrogens is 389 g/mol. The van der Waals surface area contributed by atoms with Gasteiger partial charge >= 0.3 is 0 Å². The molecule has 4 rings (SSSR count). The molecule has 0 amide bonds. The highest BCUT2D eigenvalue weighted by Crippen LogP contribution is 2.27. The van der Waals surface area contributed by atoms with Crippen LogP contribution in [0.4, 0.5) is 4.39 Å². The van der Waals surface area contributed by atoms with E-state index in [1.807, 2.05) is 18.2 Å². The zero-order chi connectivity index (χ0) is 21.6. The smallest absolute Gasteiger partial charge is 0.262 e. The lowest BCUT2D eigenvalue weighted by atomic mass is 10.0. The van der Waals surface area contributed by atoms with Gasteiger partial charge in [-0.15, -0.1) is 0 Å². The average Bonchev–Trinajstić information content (AvgIpc) is 2.81. The highest BCUT2D eigenvalue weighted by molar-refractivity contribution is 5.80. The summed E-state index contributed by atoms with van der Waals surface area (Å²) < 4.78 is 14.9. The molecule has 0 aliphatic rings. The molecule has 0 radical (unpaired) electrons. The number of hydrogen-bond acceptors (Lipinski definition) is 3. The number of benzene rings is 2. The topological polar surface area (TPSA) is 47.8 Å². The number of hydrogen-bond donors (Lipinski definition) is 0. The van der Waals surface area contributed by atoms with Crippen molar-refractivity contribution in [3.63, 3.8) is 0 Å². The van der Waals surface area contributed by atoms with E-state index in [4.69, 9.17) is 4.98 Å². The Morgan fingerprint density at radius 1 is 0.935 bits per heavy atom. The number of aromatic nitrogens is 3. The number of aryl methyl sites for hydroxylation is 1. The van der Waals surface area contributed by atoms with Crippen molar-refractivity contribution in [2.75, 3.05) is 0 Å². The SMILES string of the molecule is Cn1c(C#CCCc2ccccc2)nc(-c2ccncc2)c(-c2ccc(F)cc2)c1=O. The van der Waals surface area contributed by atoms with Crippen molar-refractivity contribution < 1.29 is 4.39 Å². The van der Waals surface area contributed by atoms with Crippen LogP contribution in [0.15, 0.2) is 83.9 Å². The van der Waals surface area contributed by atoms with Crippen LogP contribution in [0.25, 0.3) is 22.4 Å². The molecule has 0 aliphatic heterocycles. The minimum absolute atomic E-state index is 0.235. The first-order valence-corrected chi connectivity index (χ1v) is 9.93. The van der Waals surface area contributed by atoms with Crippen LogP contribution in [0.2, 0.25) is 0 Å². The molecular formula is C26H20FN3O. The van der Waals surface area contributed by atoms with E-state index in [0.717, 1.165) is 12.0 Å². The number of rotatable bonds is 4. The molecule has 4 nitrogen and oxygen atoms in total. The second-order valence-corrected chi connectivity index (χ2v) is 7.05. The molecule has 0 N–H and O–H groups in total. The van der Waals surface area contributed by atoms with E-state index in [1.54, 1.807) is 43.7 Å². The van der Waals surface area contributed by atoms with Crippen molar-refractivity contribution in [2.24, 2.45) is 7.05 Å². The standard InChI is InChI=1S/C26H20FN3O/c1-30-23(10-6-5-9-19-7-3-2-4-8-19)29-25(21-15-17-28-18-16-21)24(26(30)31)20-11-13-22(27)14-12-20/h2-4,7-8,11-18H,5,9H2,1H3. The highest BCUT2D eigenvalue weighted by atomic mass is 19.1.